The molecule has 152 valence electrons. The van der Waals surface area contributed by atoms with Gasteiger partial charge in [-0.25, -0.2) is 18.1 Å². The summed E-state index contributed by atoms with van der Waals surface area (Å²) in [6, 6.07) is 12.8. The summed E-state index contributed by atoms with van der Waals surface area (Å²) in [5.74, 6) is -2.39. The van der Waals surface area contributed by atoms with Crippen molar-refractivity contribution in [2.45, 2.75) is 13.5 Å². The van der Waals surface area contributed by atoms with Gasteiger partial charge in [0.15, 0.2) is 0 Å². The van der Waals surface area contributed by atoms with E-state index in [1.54, 1.807) is 43.3 Å². The zero-order chi connectivity index (χ0) is 21.4. The van der Waals surface area contributed by atoms with Crippen LogP contribution in [0.1, 0.15) is 4.88 Å². The molecule has 0 aliphatic heterocycles. The summed E-state index contributed by atoms with van der Waals surface area (Å²) >= 11 is 1.21. The van der Waals surface area contributed by atoms with Crippen LogP contribution in [0.4, 0.5) is 14.5 Å². The van der Waals surface area contributed by atoms with Crippen molar-refractivity contribution in [3.63, 3.8) is 0 Å². The predicted molar refractivity (Wildman–Crippen MR) is 111 cm³/mol. The number of rotatable bonds is 4. The van der Waals surface area contributed by atoms with E-state index in [1.165, 1.54) is 15.9 Å². The molecule has 2 aromatic carbocycles. The normalized spacial score (nSPS) is 11.0. The lowest BCUT2D eigenvalue weighted by atomic mass is 10.3. The van der Waals surface area contributed by atoms with Crippen molar-refractivity contribution in [1.82, 2.24) is 9.13 Å². The monoisotopic (exact) mass is 427 g/mol. The number of benzene rings is 2. The van der Waals surface area contributed by atoms with Gasteiger partial charge in [-0.05, 0) is 37.3 Å². The van der Waals surface area contributed by atoms with Crippen LogP contribution in [0.5, 0.6) is 0 Å². The van der Waals surface area contributed by atoms with Crippen LogP contribution >= 0.6 is 11.3 Å². The second-order valence-electron chi connectivity index (χ2n) is 6.59. The van der Waals surface area contributed by atoms with Crippen LogP contribution in [0, 0.1) is 18.6 Å². The standard InChI is InChI=1S/C21H15F2N3O3S/c1-12-9-15-19(28)26(14-5-3-2-4-6-14)21(29)25(20(15)30-12)11-18(27)24-17-8-7-13(22)10-16(17)23/h2-10H,11H2,1H3,(H,24,27). The zero-order valence-corrected chi connectivity index (χ0v) is 16.5. The second kappa shape index (κ2) is 7.68. The first-order chi connectivity index (χ1) is 14.3. The van der Waals surface area contributed by atoms with Gasteiger partial charge >= 0.3 is 5.69 Å². The SMILES string of the molecule is Cc1cc2c(=O)n(-c3ccccc3)c(=O)n(CC(=O)Nc3ccc(F)cc3F)c2s1. The van der Waals surface area contributed by atoms with Crippen LogP contribution in [-0.2, 0) is 11.3 Å². The predicted octanol–water partition coefficient (Wildman–Crippen LogP) is 3.44. The summed E-state index contributed by atoms with van der Waals surface area (Å²) in [7, 11) is 0. The Kier molecular flexibility index (Phi) is 5.04. The van der Waals surface area contributed by atoms with Crippen molar-refractivity contribution in [3.8, 4) is 5.69 Å². The van der Waals surface area contributed by atoms with Crippen LogP contribution in [-0.4, -0.2) is 15.0 Å². The Bertz CT molecular complexity index is 1390. The lowest BCUT2D eigenvalue weighted by Gasteiger charge is -2.12. The molecule has 0 fully saturated rings. The van der Waals surface area contributed by atoms with E-state index in [1.807, 2.05) is 0 Å². The average molecular weight is 427 g/mol. The van der Waals surface area contributed by atoms with Crippen LogP contribution in [0.3, 0.4) is 0 Å². The molecule has 0 saturated carbocycles. The minimum Gasteiger partial charge on any atom is -0.322 e. The molecular weight excluding hydrogens is 412 g/mol. The maximum atomic E-state index is 13.9. The number of para-hydroxylation sites is 1. The molecule has 30 heavy (non-hydrogen) atoms. The van der Waals surface area contributed by atoms with E-state index < -0.39 is 35.3 Å². The van der Waals surface area contributed by atoms with E-state index >= 15 is 0 Å². The number of thiophene rings is 1. The van der Waals surface area contributed by atoms with E-state index in [0.29, 0.717) is 22.0 Å². The van der Waals surface area contributed by atoms with Gasteiger partial charge < -0.3 is 5.32 Å². The van der Waals surface area contributed by atoms with Gasteiger partial charge in [0, 0.05) is 10.9 Å². The molecule has 9 heteroatoms. The Morgan fingerprint density at radius 3 is 2.50 bits per heavy atom. The van der Waals surface area contributed by atoms with Crippen molar-refractivity contribution in [2.75, 3.05) is 5.32 Å². The molecule has 0 saturated heterocycles. The molecule has 4 rings (SSSR count). The van der Waals surface area contributed by atoms with E-state index in [4.69, 9.17) is 0 Å². The largest absolute Gasteiger partial charge is 0.337 e. The maximum Gasteiger partial charge on any atom is 0.337 e. The number of aryl methyl sites for hydroxylation is 1. The summed E-state index contributed by atoms with van der Waals surface area (Å²) in [5.41, 5.74) is -0.997. The molecule has 1 N–H and O–H groups in total. The summed E-state index contributed by atoms with van der Waals surface area (Å²) in [6.45, 7) is 1.35. The molecule has 0 spiro atoms. The quantitative estimate of drug-likeness (QED) is 0.542. The molecule has 2 aromatic heterocycles. The number of hydrogen-bond donors (Lipinski definition) is 1. The van der Waals surface area contributed by atoms with Crippen LogP contribution in [0.25, 0.3) is 15.9 Å². The summed E-state index contributed by atoms with van der Waals surface area (Å²) in [5, 5.41) is 2.64. The van der Waals surface area contributed by atoms with Gasteiger partial charge in [-0.3, -0.25) is 14.2 Å². The molecule has 0 radical (unpaired) electrons. The van der Waals surface area contributed by atoms with E-state index in [9.17, 15) is 23.2 Å². The van der Waals surface area contributed by atoms with Gasteiger partial charge in [-0.2, -0.15) is 0 Å². The Hall–Kier alpha value is -3.59. The van der Waals surface area contributed by atoms with Gasteiger partial charge in [0.1, 0.15) is 23.0 Å². The minimum atomic E-state index is -0.929. The third kappa shape index (κ3) is 3.55. The number of carbonyl (C=O) groups excluding carboxylic acids is 1. The molecule has 2 heterocycles. The fourth-order valence-corrected chi connectivity index (χ4v) is 4.13. The molecule has 4 aromatic rings. The number of aromatic nitrogens is 2. The van der Waals surface area contributed by atoms with Crippen molar-refractivity contribution in [1.29, 1.82) is 0 Å². The maximum absolute atomic E-state index is 13.9. The van der Waals surface area contributed by atoms with E-state index in [0.717, 1.165) is 21.6 Å². The second-order valence-corrected chi connectivity index (χ2v) is 7.83. The van der Waals surface area contributed by atoms with E-state index in [2.05, 4.69) is 5.32 Å². The smallest absolute Gasteiger partial charge is 0.322 e. The molecule has 0 aliphatic rings. The van der Waals surface area contributed by atoms with Gasteiger partial charge in [-0.15, -0.1) is 11.3 Å². The number of fused-ring (bicyclic) bond motifs is 1. The first-order valence-corrected chi connectivity index (χ1v) is 9.73. The Morgan fingerprint density at radius 2 is 1.80 bits per heavy atom. The highest BCUT2D eigenvalue weighted by Crippen LogP contribution is 2.22. The summed E-state index contributed by atoms with van der Waals surface area (Å²) in [4.78, 5) is 39.8. The highest BCUT2D eigenvalue weighted by Gasteiger charge is 2.19. The molecule has 0 unspecified atom stereocenters. The summed E-state index contributed by atoms with van der Waals surface area (Å²) in [6.07, 6.45) is 0. The fraction of sp³-hybridized carbons (Fsp3) is 0.0952. The number of halogens is 2. The molecule has 0 bridgehead atoms. The molecule has 1 amide bonds. The fourth-order valence-electron chi connectivity index (χ4n) is 3.14. The molecule has 0 aliphatic carbocycles. The first-order valence-electron chi connectivity index (χ1n) is 8.91. The first kappa shape index (κ1) is 19.7. The number of anilines is 1. The molecule has 6 nitrogen and oxygen atoms in total. The zero-order valence-electron chi connectivity index (χ0n) is 15.7. The molecular formula is C21H15F2N3O3S. The number of carbonyl (C=O) groups is 1. The van der Waals surface area contributed by atoms with Gasteiger partial charge in [-0.1, -0.05) is 18.2 Å². The van der Waals surface area contributed by atoms with Crippen LogP contribution in [0.2, 0.25) is 0 Å². The van der Waals surface area contributed by atoms with Crippen molar-refractivity contribution < 1.29 is 13.6 Å². The van der Waals surface area contributed by atoms with Crippen molar-refractivity contribution in [2.24, 2.45) is 0 Å². The van der Waals surface area contributed by atoms with Gasteiger partial charge in [0.05, 0.1) is 16.8 Å². The lowest BCUT2D eigenvalue weighted by molar-refractivity contribution is -0.116. The highest BCUT2D eigenvalue weighted by atomic mass is 32.1. The number of amides is 1. The van der Waals surface area contributed by atoms with Crippen LogP contribution < -0.4 is 16.6 Å². The highest BCUT2D eigenvalue weighted by molar-refractivity contribution is 7.18. The van der Waals surface area contributed by atoms with E-state index in [-0.39, 0.29) is 5.69 Å². The van der Waals surface area contributed by atoms with Crippen molar-refractivity contribution in [3.05, 3.63) is 91.9 Å². The molecule has 0 atom stereocenters. The Morgan fingerprint density at radius 1 is 1.07 bits per heavy atom. The van der Waals surface area contributed by atoms with Crippen LogP contribution in [0.15, 0.2) is 64.2 Å². The lowest BCUT2D eigenvalue weighted by Crippen LogP contribution is -2.40. The number of hydrogen-bond acceptors (Lipinski definition) is 4. The van der Waals surface area contributed by atoms with Crippen molar-refractivity contribution >= 4 is 33.1 Å². The minimum absolute atomic E-state index is 0.204. The van der Waals surface area contributed by atoms with Gasteiger partial charge in [0.2, 0.25) is 5.91 Å². The average Bonchev–Trinajstić information content (AvgIpc) is 3.10. The summed E-state index contributed by atoms with van der Waals surface area (Å²) < 4.78 is 29.1. The number of nitrogens with one attached hydrogen (secondary N) is 1. The Labute approximate surface area is 172 Å². The third-order valence-electron chi connectivity index (χ3n) is 4.46. The topological polar surface area (TPSA) is 73.1 Å². The van der Waals surface area contributed by atoms with Gasteiger partial charge in [0.25, 0.3) is 5.56 Å². The Balaban J connectivity index is 1.81. The third-order valence-corrected chi connectivity index (χ3v) is 5.53. The number of nitrogens with zero attached hydrogens (tertiary/aromatic N) is 2.